The van der Waals surface area contributed by atoms with Crippen molar-refractivity contribution in [2.75, 3.05) is 20.1 Å². The molecule has 2 aromatic rings. The van der Waals surface area contributed by atoms with Gasteiger partial charge in [0.2, 0.25) is 5.91 Å². The molecule has 1 aliphatic heterocycles. The van der Waals surface area contributed by atoms with Gasteiger partial charge in [-0.15, -0.1) is 0 Å². The van der Waals surface area contributed by atoms with Gasteiger partial charge in [0.05, 0.1) is 17.7 Å². The molecule has 1 spiro atoms. The Kier molecular flexibility index (Phi) is 5.26. The van der Waals surface area contributed by atoms with Gasteiger partial charge in [0.15, 0.2) is 0 Å². The maximum absolute atomic E-state index is 13.3. The normalized spacial score (nSPS) is 20.0. The van der Waals surface area contributed by atoms with Crippen LogP contribution in [0.1, 0.15) is 46.6 Å². The Balaban J connectivity index is 1.37. The van der Waals surface area contributed by atoms with Crippen molar-refractivity contribution in [3.8, 4) is 0 Å². The standard InChI is InChI=1S/C21H23F3N4O3/c1-13-17(26-31-25-13)12-27(2)19(30)16-11-20(16)7-9-28(10-8-20)18(29)14-5-3-4-6-15(14)21(22,23)24/h3-6,16H,7-12H2,1-2H3. The van der Waals surface area contributed by atoms with E-state index in [1.54, 1.807) is 18.9 Å². The van der Waals surface area contributed by atoms with E-state index in [0.29, 0.717) is 43.9 Å². The SMILES string of the molecule is Cc1nonc1CN(C)C(=O)C1CC12CCN(C(=O)c1ccccc1C(F)(F)F)CC2. The van der Waals surface area contributed by atoms with E-state index >= 15 is 0 Å². The first-order chi connectivity index (χ1) is 14.6. The summed E-state index contributed by atoms with van der Waals surface area (Å²) in [4.78, 5) is 28.7. The molecule has 2 fully saturated rings. The number of halogens is 3. The van der Waals surface area contributed by atoms with E-state index < -0.39 is 17.6 Å². The van der Waals surface area contributed by atoms with E-state index in [2.05, 4.69) is 14.9 Å². The summed E-state index contributed by atoms with van der Waals surface area (Å²) in [5.41, 5.74) is -0.182. The van der Waals surface area contributed by atoms with Crippen LogP contribution in [0.25, 0.3) is 0 Å². The van der Waals surface area contributed by atoms with Gasteiger partial charge in [0.1, 0.15) is 11.4 Å². The summed E-state index contributed by atoms with van der Waals surface area (Å²) in [5, 5.41) is 7.51. The van der Waals surface area contributed by atoms with Crippen LogP contribution in [-0.4, -0.2) is 52.1 Å². The third kappa shape index (κ3) is 4.03. The molecule has 2 heterocycles. The number of nitrogens with zero attached hydrogens (tertiary/aromatic N) is 4. The van der Waals surface area contributed by atoms with Crippen LogP contribution >= 0.6 is 0 Å². The number of carbonyl (C=O) groups excluding carboxylic acids is 2. The predicted molar refractivity (Wildman–Crippen MR) is 103 cm³/mol. The first-order valence-electron chi connectivity index (χ1n) is 10.1. The molecule has 1 atom stereocenters. The van der Waals surface area contributed by atoms with Gasteiger partial charge in [0, 0.05) is 26.1 Å². The summed E-state index contributed by atoms with van der Waals surface area (Å²) in [6.45, 7) is 2.74. The molecule has 1 aromatic heterocycles. The van der Waals surface area contributed by atoms with Crippen LogP contribution in [0.5, 0.6) is 0 Å². The molecule has 10 heteroatoms. The van der Waals surface area contributed by atoms with Gasteiger partial charge >= 0.3 is 6.18 Å². The van der Waals surface area contributed by atoms with E-state index in [0.717, 1.165) is 12.5 Å². The second kappa shape index (κ2) is 7.65. The molecule has 166 valence electrons. The monoisotopic (exact) mass is 436 g/mol. The molecule has 1 saturated heterocycles. The summed E-state index contributed by atoms with van der Waals surface area (Å²) >= 11 is 0. The second-order valence-electron chi connectivity index (χ2n) is 8.45. The summed E-state index contributed by atoms with van der Waals surface area (Å²) in [6.07, 6.45) is -2.66. The highest BCUT2D eigenvalue weighted by Crippen LogP contribution is 2.60. The predicted octanol–water partition coefficient (Wildman–Crippen LogP) is 3.30. The zero-order valence-corrected chi connectivity index (χ0v) is 17.3. The Morgan fingerprint density at radius 2 is 1.90 bits per heavy atom. The molecular formula is C21H23F3N4O3. The maximum Gasteiger partial charge on any atom is 0.417 e. The van der Waals surface area contributed by atoms with E-state index in [9.17, 15) is 22.8 Å². The van der Waals surface area contributed by atoms with Crippen LogP contribution in [0, 0.1) is 18.3 Å². The van der Waals surface area contributed by atoms with Crippen molar-refractivity contribution in [1.82, 2.24) is 20.1 Å². The number of hydrogen-bond acceptors (Lipinski definition) is 5. The Labute approximate surface area is 177 Å². The largest absolute Gasteiger partial charge is 0.417 e. The maximum atomic E-state index is 13.3. The van der Waals surface area contributed by atoms with Crippen LogP contribution in [-0.2, 0) is 17.5 Å². The lowest BCUT2D eigenvalue weighted by Crippen LogP contribution is -2.41. The van der Waals surface area contributed by atoms with Crippen LogP contribution in [0.4, 0.5) is 13.2 Å². The second-order valence-corrected chi connectivity index (χ2v) is 8.45. The lowest BCUT2D eigenvalue weighted by molar-refractivity contribution is -0.138. The smallest absolute Gasteiger partial charge is 0.339 e. The summed E-state index contributed by atoms with van der Waals surface area (Å²) in [6, 6.07) is 4.86. The average molecular weight is 436 g/mol. The number of aryl methyl sites for hydroxylation is 1. The van der Waals surface area contributed by atoms with Crippen molar-refractivity contribution in [2.45, 2.75) is 38.9 Å². The van der Waals surface area contributed by atoms with Crippen molar-refractivity contribution in [3.05, 3.63) is 46.8 Å². The molecule has 1 saturated carbocycles. The van der Waals surface area contributed by atoms with Crippen molar-refractivity contribution >= 4 is 11.8 Å². The minimum atomic E-state index is -4.58. The minimum Gasteiger partial charge on any atom is -0.339 e. The topological polar surface area (TPSA) is 79.5 Å². The lowest BCUT2D eigenvalue weighted by atomic mass is 9.90. The quantitative estimate of drug-likeness (QED) is 0.735. The van der Waals surface area contributed by atoms with Crippen molar-refractivity contribution in [2.24, 2.45) is 11.3 Å². The van der Waals surface area contributed by atoms with Crippen LogP contribution < -0.4 is 0 Å². The number of hydrogen-bond donors (Lipinski definition) is 0. The fourth-order valence-electron chi connectivity index (χ4n) is 4.45. The zero-order chi connectivity index (χ0) is 22.4. The molecule has 0 radical (unpaired) electrons. The van der Waals surface area contributed by atoms with Gasteiger partial charge < -0.3 is 9.80 Å². The number of benzene rings is 1. The highest BCUT2D eigenvalue weighted by atomic mass is 19.4. The van der Waals surface area contributed by atoms with Gasteiger partial charge in [-0.1, -0.05) is 22.4 Å². The molecular weight excluding hydrogens is 413 g/mol. The third-order valence-electron chi connectivity index (χ3n) is 6.51. The minimum absolute atomic E-state index is 0.00425. The molecule has 1 unspecified atom stereocenters. The first-order valence-corrected chi connectivity index (χ1v) is 10.1. The van der Waals surface area contributed by atoms with Crippen LogP contribution in [0.15, 0.2) is 28.9 Å². The van der Waals surface area contributed by atoms with E-state index in [1.165, 1.54) is 23.1 Å². The number of piperidine rings is 1. The van der Waals surface area contributed by atoms with Gasteiger partial charge in [-0.05, 0) is 43.7 Å². The molecule has 0 N–H and O–H groups in total. The zero-order valence-electron chi connectivity index (χ0n) is 17.3. The van der Waals surface area contributed by atoms with E-state index in [4.69, 9.17) is 0 Å². The van der Waals surface area contributed by atoms with Gasteiger partial charge in [0.25, 0.3) is 5.91 Å². The lowest BCUT2D eigenvalue weighted by Gasteiger charge is -2.33. The van der Waals surface area contributed by atoms with Crippen molar-refractivity contribution < 1.29 is 27.4 Å². The molecule has 1 aliphatic carbocycles. The number of alkyl halides is 3. The van der Waals surface area contributed by atoms with E-state index in [1.807, 2.05) is 0 Å². The molecule has 2 amide bonds. The molecule has 1 aromatic carbocycles. The number of carbonyl (C=O) groups is 2. The summed E-state index contributed by atoms with van der Waals surface area (Å²) < 4.78 is 44.4. The molecule has 0 bridgehead atoms. The summed E-state index contributed by atoms with van der Waals surface area (Å²) in [7, 11) is 1.70. The highest BCUT2D eigenvalue weighted by Gasteiger charge is 2.59. The van der Waals surface area contributed by atoms with Crippen LogP contribution in [0.3, 0.4) is 0 Å². The Bertz CT molecular complexity index is 996. The van der Waals surface area contributed by atoms with Crippen molar-refractivity contribution in [1.29, 1.82) is 0 Å². The summed E-state index contributed by atoms with van der Waals surface area (Å²) in [5.74, 6) is -0.751. The van der Waals surface area contributed by atoms with Gasteiger partial charge in [-0.3, -0.25) is 9.59 Å². The fraction of sp³-hybridized carbons (Fsp3) is 0.524. The molecule has 31 heavy (non-hydrogen) atoms. The first kappa shape index (κ1) is 21.3. The number of aromatic nitrogens is 2. The highest BCUT2D eigenvalue weighted by molar-refractivity contribution is 5.96. The molecule has 7 nitrogen and oxygen atoms in total. The Morgan fingerprint density at radius 3 is 2.52 bits per heavy atom. The van der Waals surface area contributed by atoms with Gasteiger partial charge in [-0.25, -0.2) is 4.63 Å². The fourth-order valence-corrected chi connectivity index (χ4v) is 4.45. The molecule has 2 aliphatic rings. The third-order valence-corrected chi connectivity index (χ3v) is 6.51. The Hall–Kier alpha value is -2.91. The van der Waals surface area contributed by atoms with Crippen molar-refractivity contribution in [3.63, 3.8) is 0 Å². The average Bonchev–Trinajstić information content (AvgIpc) is 3.29. The van der Waals surface area contributed by atoms with E-state index in [-0.39, 0.29) is 22.8 Å². The van der Waals surface area contributed by atoms with Gasteiger partial charge in [-0.2, -0.15) is 13.2 Å². The molecule has 4 rings (SSSR count). The van der Waals surface area contributed by atoms with Crippen LogP contribution in [0.2, 0.25) is 0 Å². The number of likely N-dealkylation sites (tertiary alicyclic amines) is 1. The Morgan fingerprint density at radius 1 is 1.23 bits per heavy atom. The number of amides is 2. The number of rotatable bonds is 4.